The van der Waals surface area contributed by atoms with Crippen molar-refractivity contribution in [3.8, 4) is 0 Å². The van der Waals surface area contributed by atoms with Crippen LogP contribution in [0.25, 0.3) is 11.0 Å². The predicted octanol–water partition coefficient (Wildman–Crippen LogP) is 5.17. The lowest BCUT2D eigenvalue weighted by molar-refractivity contribution is -0.00761. The number of rotatable bonds is 7. The number of nitrogens with zero attached hydrogens (tertiary/aromatic N) is 3. The lowest BCUT2D eigenvalue weighted by Gasteiger charge is -2.36. The Labute approximate surface area is 191 Å². The highest BCUT2D eigenvalue weighted by Crippen LogP contribution is 2.31. The fraction of sp³-hybridized carbons (Fsp3) is 0.600. The molecule has 7 heteroatoms. The van der Waals surface area contributed by atoms with E-state index in [-0.39, 0.29) is 5.60 Å². The summed E-state index contributed by atoms with van der Waals surface area (Å²) in [7, 11) is 0. The number of nitrogens with two attached hydrogens (primary N) is 1. The largest absolute Gasteiger partial charge is 0.474 e. The summed E-state index contributed by atoms with van der Waals surface area (Å²) in [6.07, 6.45) is 4.99. The molecule has 1 aliphatic carbocycles. The van der Waals surface area contributed by atoms with Gasteiger partial charge in [0.05, 0.1) is 23.3 Å². The summed E-state index contributed by atoms with van der Waals surface area (Å²) in [5.74, 6) is 1.22. The van der Waals surface area contributed by atoms with E-state index in [1.54, 1.807) is 10.8 Å². The number of aromatic nitrogens is 2. The van der Waals surface area contributed by atoms with Crippen molar-refractivity contribution in [3.63, 3.8) is 0 Å². The topological polar surface area (TPSA) is 82.6 Å². The maximum atomic E-state index is 13.2. The summed E-state index contributed by atoms with van der Waals surface area (Å²) >= 11 is 0. The van der Waals surface area contributed by atoms with Gasteiger partial charge >= 0.3 is 6.09 Å². The zero-order valence-electron chi connectivity index (χ0n) is 20.4. The van der Waals surface area contributed by atoms with Crippen LogP contribution in [0.4, 0.5) is 4.79 Å². The molecule has 2 aromatic rings. The van der Waals surface area contributed by atoms with E-state index in [0.717, 1.165) is 23.3 Å². The van der Waals surface area contributed by atoms with Crippen LogP contribution in [-0.4, -0.2) is 38.3 Å². The highest BCUT2D eigenvalue weighted by molar-refractivity contribution is 5.89. The van der Waals surface area contributed by atoms with Gasteiger partial charge in [-0.25, -0.2) is 9.36 Å². The zero-order chi connectivity index (χ0) is 23.7. The molecule has 0 atom stereocenters. The molecular weight excluding hydrogens is 404 g/mol. The van der Waals surface area contributed by atoms with Gasteiger partial charge in [-0.3, -0.25) is 4.98 Å². The van der Waals surface area contributed by atoms with Gasteiger partial charge in [0.2, 0.25) is 0 Å². The minimum Gasteiger partial charge on any atom is -0.474 e. The van der Waals surface area contributed by atoms with Gasteiger partial charge in [-0.2, -0.15) is 0 Å². The predicted molar refractivity (Wildman–Crippen MR) is 127 cm³/mol. The van der Waals surface area contributed by atoms with Crippen LogP contribution >= 0.6 is 0 Å². The summed E-state index contributed by atoms with van der Waals surface area (Å²) in [6.45, 7) is 17.5. The van der Waals surface area contributed by atoms with Crippen LogP contribution in [0.15, 0.2) is 30.8 Å². The van der Waals surface area contributed by atoms with Gasteiger partial charge in [-0.15, -0.1) is 0 Å². The van der Waals surface area contributed by atoms with E-state index in [1.165, 1.54) is 19.3 Å². The Morgan fingerprint density at radius 2 is 1.84 bits per heavy atom. The number of hydrogen-bond donors (Lipinski definition) is 1. The maximum absolute atomic E-state index is 13.2. The van der Waals surface area contributed by atoms with Crippen molar-refractivity contribution < 1.29 is 14.3 Å². The molecule has 1 saturated carbocycles. The first-order valence-corrected chi connectivity index (χ1v) is 11.4. The third-order valence-electron chi connectivity index (χ3n) is 5.43. The number of fused-ring (bicyclic) bond motifs is 1. The van der Waals surface area contributed by atoms with Crippen molar-refractivity contribution in [2.45, 2.75) is 85.1 Å². The van der Waals surface area contributed by atoms with E-state index in [2.05, 4.69) is 16.5 Å². The molecule has 0 radical (unpaired) electrons. The minimum atomic E-state index is -0.617. The van der Waals surface area contributed by atoms with E-state index < -0.39 is 11.7 Å². The number of carbonyl (C=O) groups is 1. The van der Waals surface area contributed by atoms with Crippen LogP contribution in [0.3, 0.4) is 0 Å². The Balaban J connectivity index is 2.00. The monoisotopic (exact) mass is 442 g/mol. The van der Waals surface area contributed by atoms with Crippen LogP contribution in [0.1, 0.15) is 72.1 Å². The van der Waals surface area contributed by atoms with E-state index >= 15 is 0 Å². The molecule has 0 saturated heterocycles. The Morgan fingerprint density at radius 1 is 1.19 bits per heavy atom. The average molecular weight is 443 g/mol. The smallest absolute Gasteiger partial charge is 0.419 e. The van der Waals surface area contributed by atoms with Crippen LogP contribution in [-0.2, 0) is 22.6 Å². The molecule has 0 aliphatic heterocycles. The number of pyridine rings is 1. The van der Waals surface area contributed by atoms with Gasteiger partial charge in [-0.05, 0) is 84.6 Å². The molecule has 0 aromatic carbocycles. The number of ether oxygens (including phenoxy) is 2. The molecule has 7 nitrogen and oxygen atoms in total. The highest BCUT2D eigenvalue weighted by atomic mass is 16.6. The molecule has 176 valence electrons. The standard InChI is InChI=1S/C25H38N4O3/c1-17(31-24(2,3)4)28(15-18-9-8-10-18)16-20-12-21-22(11-19(13-26)14-27-21)29(20)23(30)32-25(5,6)7/h11-12,14,18H,1,8-10,13,15-16,26H2,2-7H3. The zero-order valence-corrected chi connectivity index (χ0v) is 20.4. The molecular formula is C25H38N4O3. The van der Waals surface area contributed by atoms with E-state index in [9.17, 15) is 4.79 Å². The third kappa shape index (κ3) is 6.03. The lowest BCUT2D eigenvalue weighted by Crippen LogP contribution is -2.36. The summed E-state index contributed by atoms with van der Waals surface area (Å²) < 4.78 is 13.5. The molecule has 2 N–H and O–H groups in total. The van der Waals surface area contributed by atoms with Crippen molar-refractivity contribution in [3.05, 3.63) is 42.0 Å². The molecule has 3 rings (SSSR count). The fourth-order valence-corrected chi connectivity index (χ4v) is 3.78. The number of carbonyl (C=O) groups excluding carboxylic acids is 1. The van der Waals surface area contributed by atoms with Crippen molar-refractivity contribution in [2.75, 3.05) is 6.54 Å². The van der Waals surface area contributed by atoms with Gasteiger partial charge < -0.3 is 20.1 Å². The van der Waals surface area contributed by atoms with Crippen LogP contribution in [0.5, 0.6) is 0 Å². The van der Waals surface area contributed by atoms with E-state index in [0.29, 0.717) is 30.4 Å². The Bertz CT molecular complexity index is 977. The Kier molecular flexibility index (Phi) is 6.89. The average Bonchev–Trinajstić information content (AvgIpc) is 2.97. The van der Waals surface area contributed by atoms with Crippen LogP contribution < -0.4 is 5.73 Å². The normalized spacial score (nSPS) is 14.8. The second kappa shape index (κ2) is 9.14. The first kappa shape index (κ1) is 24.1. The quantitative estimate of drug-likeness (QED) is 0.596. The van der Waals surface area contributed by atoms with Gasteiger partial charge in [0, 0.05) is 19.3 Å². The molecule has 32 heavy (non-hydrogen) atoms. The van der Waals surface area contributed by atoms with Crippen molar-refractivity contribution >= 4 is 17.1 Å². The van der Waals surface area contributed by atoms with Crippen LogP contribution in [0.2, 0.25) is 0 Å². The summed E-state index contributed by atoms with van der Waals surface area (Å²) in [5, 5.41) is 0. The van der Waals surface area contributed by atoms with Crippen LogP contribution in [0, 0.1) is 5.92 Å². The van der Waals surface area contributed by atoms with Gasteiger partial charge in [0.15, 0.2) is 5.88 Å². The highest BCUT2D eigenvalue weighted by Gasteiger charge is 2.28. The molecule has 2 heterocycles. The van der Waals surface area contributed by atoms with Crippen molar-refractivity contribution in [1.29, 1.82) is 0 Å². The summed E-state index contributed by atoms with van der Waals surface area (Å²) in [6, 6.07) is 3.85. The Hall–Kier alpha value is -2.54. The Morgan fingerprint density at radius 3 is 2.38 bits per heavy atom. The second-order valence-corrected chi connectivity index (χ2v) is 10.7. The lowest BCUT2D eigenvalue weighted by atomic mass is 9.85. The molecule has 0 bridgehead atoms. The van der Waals surface area contributed by atoms with Crippen molar-refractivity contribution in [1.82, 2.24) is 14.5 Å². The summed E-state index contributed by atoms with van der Waals surface area (Å²) in [4.78, 5) is 19.9. The fourth-order valence-electron chi connectivity index (χ4n) is 3.78. The van der Waals surface area contributed by atoms with Gasteiger partial charge in [0.1, 0.15) is 11.2 Å². The van der Waals surface area contributed by atoms with Gasteiger partial charge in [0.25, 0.3) is 0 Å². The van der Waals surface area contributed by atoms with Gasteiger partial charge in [-0.1, -0.05) is 6.42 Å². The molecule has 1 aliphatic rings. The third-order valence-corrected chi connectivity index (χ3v) is 5.43. The first-order chi connectivity index (χ1) is 14.9. The maximum Gasteiger partial charge on any atom is 0.419 e. The molecule has 0 unspecified atom stereocenters. The molecule has 0 spiro atoms. The minimum absolute atomic E-state index is 0.349. The van der Waals surface area contributed by atoms with Crippen molar-refractivity contribution in [2.24, 2.45) is 11.7 Å². The summed E-state index contributed by atoms with van der Waals surface area (Å²) in [5.41, 5.74) is 7.93. The first-order valence-electron chi connectivity index (χ1n) is 11.4. The number of hydrogen-bond acceptors (Lipinski definition) is 6. The van der Waals surface area contributed by atoms with E-state index in [1.807, 2.05) is 53.7 Å². The SMILES string of the molecule is C=C(OC(C)(C)C)N(Cc1cc2ncc(CN)cc2n1C(=O)OC(C)(C)C)CC1CCC1. The molecule has 0 amide bonds. The van der Waals surface area contributed by atoms with E-state index in [4.69, 9.17) is 15.2 Å². The second-order valence-electron chi connectivity index (χ2n) is 10.7. The molecule has 2 aromatic heterocycles. The molecule has 1 fully saturated rings.